The van der Waals surface area contributed by atoms with Crippen LogP contribution >= 0.6 is 0 Å². The van der Waals surface area contributed by atoms with Gasteiger partial charge in [0.2, 0.25) is 0 Å². The first-order valence-corrected chi connectivity index (χ1v) is 5.09. The van der Waals surface area contributed by atoms with Gasteiger partial charge in [0.25, 0.3) is 0 Å². The summed E-state index contributed by atoms with van der Waals surface area (Å²) in [6.07, 6.45) is 3.43. The monoisotopic (exact) mass is 170 g/mol. The molecule has 0 amide bonds. The number of hydrogen-bond donors (Lipinski definition) is 1. The summed E-state index contributed by atoms with van der Waals surface area (Å²) >= 11 is 0. The predicted octanol–water partition coefficient (Wildman–Crippen LogP) is 2.83. The van der Waals surface area contributed by atoms with Crippen LogP contribution < -0.4 is 0 Å². The van der Waals surface area contributed by atoms with Gasteiger partial charge in [0.15, 0.2) is 0 Å². The molecule has 0 bridgehead atoms. The van der Waals surface area contributed by atoms with Crippen molar-refractivity contribution in [2.45, 2.75) is 53.1 Å². The van der Waals surface area contributed by atoms with Crippen LogP contribution in [0.15, 0.2) is 0 Å². The Morgan fingerprint density at radius 1 is 1.17 bits per heavy atom. The lowest BCUT2D eigenvalue weighted by molar-refractivity contribution is -0.00549. The highest BCUT2D eigenvalue weighted by Crippen LogP contribution is 2.39. The molecule has 1 nitrogen and oxygen atoms in total. The second-order valence-electron chi connectivity index (χ2n) is 5.46. The molecule has 0 aromatic rings. The molecule has 0 aromatic heterocycles. The van der Waals surface area contributed by atoms with Crippen LogP contribution in [0.5, 0.6) is 0 Å². The Morgan fingerprint density at radius 3 is 2.17 bits per heavy atom. The van der Waals surface area contributed by atoms with Crippen molar-refractivity contribution < 1.29 is 5.11 Å². The molecule has 1 aliphatic rings. The molecule has 1 fully saturated rings. The molecule has 1 aliphatic carbocycles. The summed E-state index contributed by atoms with van der Waals surface area (Å²) in [5, 5.41) is 9.87. The summed E-state index contributed by atoms with van der Waals surface area (Å²) in [5.41, 5.74) is 0.277. The van der Waals surface area contributed by atoms with Crippen molar-refractivity contribution in [3.8, 4) is 0 Å². The zero-order chi connectivity index (χ0) is 9.35. The number of hydrogen-bond acceptors (Lipinski definition) is 1. The highest BCUT2D eigenvalue weighted by atomic mass is 16.3. The zero-order valence-electron chi connectivity index (χ0n) is 8.80. The van der Waals surface area contributed by atoms with Crippen molar-refractivity contribution in [1.29, 1.82) is 0 Å². The third kappa shape index (κ3) is 2.22. The molecule has 0 radical (unpaired) electrons. The predicted molar refractivity (Wildman–Crippen MR) is 52.0 cm³/mol. The summed E-state index contributed by atoms with van der Waals surface area (Å²) in [6, 6.07) is 0. The second kappa shape index (κ2) is 3.37. The molecule has 0 aromatic carbocycles. The van der Waals surface area contributed by atoms with Gasteiger partial charge in [-0.25, -0.2) is 0 Å². The largest absolute Gasteiger partial charge is 0.393 e. The third-order valence-corrected chi connectivity index (χ3v) is 3.19. The molecule has 1 rings (SSSR count). The minimum atomic E-state index is -0.0613. The van der Waals surface area contributed by atoms with Gasteiger partial charge < -0.3 is 5.11 Å². The van der Waals surface area contributed by atoms with Gasteiger partial charge in [-0.1, -0.05) is 34.1 Å². The Bertz CT molecular complexity index is 146. The molecule has 1 N–H and O–H groups in total. The SMILES string of the molecule is C[C@@H]1CC[C@H](C(C)(C)C)[C@H](O)C1. The van der Waals surface area contributed by atoms with E-state index in [0.29, 0.717) is 5.92 Å². The van der Waals surface area contributed by atoms with Gasteiger partial charge in [-0.15, -0.1) is 0 Å². The minimum absolute atomic E-state index is 0.0613. The van der Waals surface area contributed by atoms with Crippen LogP contribution in [0, 0.1) is 17.3 Å². The molecule has 12 heavy (non-hydrogen) atoms. The van der Waals surface area contributed by atoms with Gasteiger partial charge in [0.1, 0.15) is 0 Å². The Hall–Kier alpha value is -0.0400. The molecule has 0 saturated heterocycles. The Morgan fingerprint density at radius 2 is 1.75 bits per heavy atom. The van der Waals surface area contributed by atoms with E-state index in [1.54, 1.807) is 0 Å². The van der Waals surface area contributed by atoms with E-state index in [9.17, 15) is 5.11 Å². The lowest BCUT2D eigenvalue weighted by Gasteiger charge is -2.39. The van der Waals surface area contributed by atoms with Gasteiger partial charge in [0.05, 0.1) is 6.10 Å². The van der Waals surface area contributed by atoms with Gasteiger partial charge >= 0.3 is 0 Å². The molecule has 1 saturated carbocycles. The topological polar surface area (TPSA) is 20.2 Å². The first-order chi connectivity index (χ1) is 5.41. The number of aliphatic hydroxyl groups excluding tert-OH is 1. The average Bonchev–Trinajstić information content (AvgIpc) is 1.83. The molecule has 0 unspecified atom stereocenters. The van der Waals surface area contributed by atoms with Crippen molar-refractivity contribution in [3.05, 3.63) is 0 Å². The summed E-state index contributed by atoms with van der Waals surface area (Å²) in [6.45, 7) is 8.94. The summed E-state index contributed by atoms with van der Waals surface area (Å²) in [5.74, 6) is 1.23. The van der Waals surface area contributed by atoms with Crippen LogP contribution in [0.1, 0.15) is 47.0 Å². The van der Waals surface area contributed by atoms with Gasteiger partial charge in [-0.2, -0.15) is 0 Å². The summed E-state index contributed by atoms with van der Waals surface area (Å²) < 4.78 is 0. The maximum atomic E-state index is 9.87. The number of aliphatic hydroxyl groups is 1. The highest BCUT2D eigenvalue weighted by Gasteiger charge is 2.34. The van der Waals surface area contributed by atoms with Crippen molar-refractivity contribution in [1.82, 2.24) is 0 Å². The molecule has 0 heterocycles. The molecule has 3 atom stereocenters. The van der Waals surface area contributed by atoms with Crippen LogP contribution in [-0.4, -0.2) is 11.2 Å². The van der Waals surface area contributed by atoms with Crippen molar-refractivity contribution in [3.63, 3.8) is 0 Å². The van der Waals surface area contributed by atoms with Crippen LogP contribution in [0.3, 0.4) is 0 Å². The van der Waals surface area contributed by atoms with Gasteiger partial charge in [-0.3, -0.25) is 0 Å². The van der Waals surface area contributed by atoms with E-state index in [-0.39, 0.29) is 11.5 Å². The van der Waals surface area contributed by atoms with Crippen LogP contribution in [0.25, 0.3) is 0 Å². The maximum absolute atomic E-state index is 9.87. The first kappa shape index (κ1) is 10.0. The average molecular weight is 170 g/mol. The van der Waals surface area contributed by atoms with E-state index in [0.717, 1.165) is 12.3 Å². The Labute approximate surface area is 76.2 Å². The van der Waals surface area contributed by atoms with Crippen molar-refractivity contribution in [2.24, 2.45) is 17.3 Å². The molecular formula is C11H22O. The fraction of sp³-hybridized carbons (Fsp3) is 1.00. The second-order valence-corrected chi connectivity index (χ2v) is 5.46. The quantitative estimate of drug-likeness (QED) is 0.592. The lowest BCUT2D eigenvalue weighted by Crippen LogP contribution is -2.36. The summed E-state index contributed by atoms with van der Waals surface area (Å²) in [4.78, 5) is 0. The van der Waals surface area contributed by atoms with Crippen molar-refractivity contribution in [2.75, 3.05) is 0 Å². The highest BCUT2D eigenvalue weighted by molar-refractivity contribution is 4.85. The summed E-state index contributed by atoms with van der Waals surface area (Å²) in [7, 11) is 0. The minimum Gasteiger partial charge on any atom is -0.393 e. The molecule has 0 spiro atoms. The molecular weight excluding hydrogens is 148 g/mol. The van der Waals surface area contributed by atoms with E-state index in [1.165, 1.54) is 12.8 Å². The van der Waals surface area contributed by atoms with Crippen LogP contribution in [0.4, 0.5) is 0 Å². The van der Waals surface area contributed by atoms with E-state index >= 15 is 0 Å². The van der Waals surface area contributed by atoms with Crippen molar-refractivity contribution >= 4 is 0 Å². The zero-order valence-corrected chi connectivity index (χ0v) is 8.80. The standard InChI is InChI=1S/C11H22O/c1-8-5-6-9(10(12)7-8)11(2,3)4/h8-10,12H,5-7H2,1-4H3/t8-,9+,10-/m1/s1. The van der Waals surface area contributed by atoms with E-state index < -0.39 is 0 Å². The fourth-order valence-electron chi connectivity index (χ4n) is 2.36. The van der Waals surface area contributed by atoms with Gasteiger partial charge in [-0.05, 0) is 30.1 Å². The smallest absolute Gasteiger partial charge is 0.0575 e. The van der Waals surface area contributed by atoms with E-state index in [1.807, 2.05) is 0 Å². The normalized spacial score (nSPS) is 38.2. The fourth-order valence-corrected chi connectivity index (χ4v) is 2.36. The van der Waals surface area contributed by atoms with Crippen LogP contribution in [0.2, 0.25) is 0 Å². The maximum Gasteiger partial charge on any atom is 0.0575 e. The molecule has 72 valence electrons. The third-order valence-electron chi connectivity index (χ3n) is 3.19. The van der Waals surface area contributed by atoms with Crippen LogP contribution in [-0.2, 0) is 0 Å². The number of rotatable bonds is 0. The first-order valence-electron chi connectivity index (χ1n) is 5.09. The lowest BCUT2D eigenvalue weighted by atomic mass is 9.68. The van der Waals surface area contributed by atoms with E-state index in [2.05, 4.69) is 27.7 Å². The van der Waals surface area contributed by atoms with Gasteiger partial charge in [0, 0.05) is 0 Å². The molecule has 0 aliphatic heterocycles. The Kier molecular flexibility index (Phi) is 2.82. The Balaban J connectivity index is 2.57. The molecule has 1 heteroatoms. The van der Waals surface area contributed by atoms with E-state index in [4.69, 9.17) is 0 Å².